The SMILES string of the molecule is CC(C)CC(C)OCCC(=O)N1CCC(N)CC1.Cl. The lowest BCUT2D eigenvalue weighted by Crippen LogP contribution is -2.43. The molecule has 1 fully saturated rings. The monoisotopic (exact) mass is 292 g/mol. The molecule has 1 heterocycles. The van der Waals surface area contributed by atoms with Gasteiger partial charge in [-0.2, -0.15) is 0 Å². The van der Waals surface area contributed by atoms with E-state index in [-0.39, 0.29) is 30.5 Å². The zero-order valence-corrected chi connectivity index (χ0v) is 13.2. The molecule has 0 radical (unpaired) electrons. The van der Waals surface area contributed by atoms with Crippen molar-refractivity contribution in [1.29, 1.82) is 0 Å². The maximum Gasteiger partial charge on any atom is 0.224 e. The van der Waals surface area contributed by atoms with Gasteiger partial charge in [-0.3, -0.25) is 4.79 Å². The number of likely N-dealkylation sites (tertiary alicyclic amines) is 1. The minimum Gasteiger partial charge on any atom is -0.378 e. The van der Waals surface area contributed by atoms with Crippen LogP contribution < -0.4 is 5.73 Å². The number of ether oxygens (including phenoxy) is 1. The average Bonchev–Trinajstić information content (AvgIpc) is 2.28. The van der Waals surface area contributed by atoms with Crippen molar-refractivity contribution in [3.63, 3.8) is 0 Å². The topological polar surface area (TPSA) is 55.6 Å². The summed E-state index contributed by atoms with van der Waals surface area (Å²) in [4.78, 5) is 13.8. The predicted molar refractivity (Wildman–Crippen MR) is 80.5 cm³/mol. The van der Waals surface area contributed by atoms with Gasteiger partial charge in [-0.15, -0.1) is 12.4 Å². The van der Waals surface area contributed by atoms with Crippen molar-refractivity contribution in [2.75, 3.05) is 19.7 Å². The van der Waals surface area contributed by atoms with Crippen LogP contribution >= 0.6 is 12.4 Å². The van der Waals surface area contributed by atoms with Crippen molar-refractivity contribution in [2.45, 2.75) is 58.6 Å². The quantitative estimate of drug-likeness (QED) is 0.816. The van der Waals surface area contributed by atoms with Crippen LogP contribution in [0.1, 0.15) is 46.5 Å². The van der Waals surface area contributed by atoms with Gasteiger partial charge >= 0.3 is 0 Å². The van der Waals surface area contributed by atoms with E-state index in [2.05, 4.69) is 20.8 Å². The first-order chi connectivity index (χ1) is 8.49. The lowest BCUT2D eigenvalue weighted by molar-refractivity contribution is -0.133. The number of nitrogens with zero attached hydrogens (tertiary/aromatic N) is 1. The summed E-state index contributed by atoms with van der Waals surface area (Å²) in [5.41, 5.74) is 5.82. The molecule has 0 aromatic carbocycles. The smallest absolute Gasteiger partial charge is 0.224 e. The van der Waals surface area contributed by atoms with Crippen molar-refractivity contribution in [3.05, 3.63) is 0 Å². The van der Waals surface area contributed by atoms with Crippen LogP contribution in [0.15, 0.2) is 0 Å². The van der Waals surface area contributed by atoms with E-state index in [0.29, 0.717) is 18.9 Å². The van der Waals surface area contributed by atoms with E-state index in [1.165, 1.54) is 0 Å². The van der Waals surface area contributed by atoms with Crippen LogP contribution in [0, 0.1) is 5.92 Å². The van der Waals surface area contributed by atoms with Crippen LogP contribution in [0.4, 0.5) is 0 Å². The first kappa shape index (κ1) is 18.7. The van der Waals surface area contributed by atoms with Gasteiger partial charge in [0.2, 0.25) is 5.91 Å². The number of rotatable bonds is 6. The zero-order chi connectivity index (χ0) is 13.5. The van der Waals surface area contributed by atoms with Crippen LogP contribution in [0.2, 0.25) is 0 Å². The Bertz CT molecular complexity index is 254. The Labute approximate surface area is 123 Å². The van der Waals surface area contributed by atoms with Crippen molar-refractivity contribution in [2.24, 2.45) is 11.7 Å². The molecule has 1 unspecified atom stereocenters. The molecule has 0 aromatic heterocycles. The molecule has 1 aliphatic heterocycles. The number of carbonyl (C=O) groups is 1. The molecule has 1 atom stereocenters. The van der Waals surface area contributed by atoms with E-state index in [0.717, 1.165) is 32.4 Å². The average molecular weight is 293 g/mol. The van der Waals surface area contributed by atoms with Crippen molar-refractivity contribution < 1.29 is 9.53 Å². The fourth-order valence-electron chi connectivity index (χ4n) is 2.39. The Hall–Kier alpha value is -0.320. The molecule has 2 N–H and O–H groups in total. The number of carbonyl (C=O) groups excluding carboxylic acids is 1. The molecule has 1 rings (SSSR count). The molecule has 0 spiro atoms. The maximum atomic E-state index is 11.9. The third-order valence-corrected chi connectivity index (χ3v) is 3.41. The second-order valence-corrected chi connectivity index (χ2v) is 5.78. The first-order valence-corrected chi connectivity index (χ1v) is 7.14. The van der Waals surface area contributed by atoms with E-state index >= 15 is 0 Å². The van der Waals surface area contributed by atoms with Gasteiger partial charge in [0.1, 0.15) is 0 Å². The molecule has 1 aliphatic rings. The molecule has 1 saturated heterocycles. The third kappa shape index (κ3) is 7.75. The molecule has 0 aromatic rings. The highest BCUT2D eigenvalue weighted by molar-refractivity contribution is 5.85. The molecule has 4 nitrogen and oxygen atoms in total. The Balaban J connectivity index is 0.00000324. The van der Waals surface area contributed by atoms with Gasteiger partial charge in [0.15, 0.2) is 0 Å². The largest absolute Gasteiger partial charge is 0.378 e. The van der Waals surface area contributed by atoms with Gasteiger partial charge < -0.3 is 15.4 Å². The van der Waals surface area contributed by atoms with Gasteiger partial charge in [-0.25, -0.2) is 0 Å². The highest BCUT2D eigenvalue weighted by Gasteiger charge is 2.20. The second-order valence-electron chi connectivity index (χ2n) is 5.78. The summed E-state index contributed by atoms with van der Waals surface area (Å²) in [6.07, 6.45) is 3.64. The van der Waals surface area contributed by atoms with E-state index in [1.807, 2.05) is 4.90 Å². The van der Waals surface area contributed by atoms with Crippen molar-refractivity contribution in [3.8, 4) is 0 Å². The Morgan fingerprint density at radius 1 is 1.32 bits per heavy atom. The van der Waals surface area contributed by atoms with Crippen LogP contribution in [0.5, 0.6) is 0 Å². The van der Waals surface area contributed by atoms with Crippen molar-refractivity contribution in [1.82, 2.24) is 4.90 Å². The molecular formula is C14H29ClN2O2. The van der Waals surface area contributed by atoms with E-state index in [4.69, 9.17) is 10.5 Å². The van der Waals surface area contributed by atoms with E-state index in [9.17, 15) is 4.79 Å². The molecule has 19 heavy (non-hydrogen) atoms. The Morgan fingerprint density at radius 3 is 2.42 bits per heavy atom. The van der Waals surface area contributed by atoms with Crippen LogP contribution in [-0.4, -0.2) is 42.6 Å². The van der Waals surface area contributed by atoms with Gasteiger partial charge in [0.05, 0.1) is 19.1 Å². The molecule has 1 amide bonds. The maximum absolute atomic E-state index is 11.9. The minimum absolute atomic E-state index is 0. The predicted octanol–water partition coefficient (Wildman–Crippen LogP) is 2.20. The van der Waals surface area contributed by atoms with Gasteiger partial charge in [-0.05, 0) is 32.1 Å². The van der Waals surface area contributed by atoms with Crippen LogP contribution in [-0.2, 0) is 9.53 Å². The molecule has 0 aliphatic carbocycles. The number of halogens is 1. The summed E-state index contributed by atoms with van der Waals surface area (Å²) < 4.78 is 5.66. The van der Waals surface area contributed by atoms with Crippen molar-refractivity contribution >= 4 is 18.3 Å². The first-order valence-electron chi connectivity index (χ1n) is 7.14. The number of hydrogen-bond donors (Lipinski definition) is 1. The fourth-order valence-corrected chi connectivity index (χ4v) is 2.39. The molecule has 0 bridgehead atoms. The van der Waals surface area contributed by atoms with Crippen LogP contribution in [0.3, 0.4) is 0 Å². The molecule has 114 valence electrons. The van der Waals surface area contributed by atoms with Gasteiger partial charge in [0, 0.05) is 19.1 Å². The Morgan fingerprint density at radius 2 is 1.89 bits per heavy atom. The lowest BCUT2D eigenvalue weighted by Gasteiger charge is -2.30. The summed E-state index contributed by atoms with van der Waals surface area (Å²) in [5.74, 6) is 0.845. The minimum atomic E-state index is 0. The van der Waals surface area contributed by atoms with E-state index < -0.39 is 0 Å². The number of piperidine rings is 1. The summed E-state index contributed by atoms with van der Waals surface area (Å²) in [6, 6.07) is 0.274. The second kappa shape index (κ2) is 9.56. The van der Waals surface area contributed by atoms with Gasteiger partial charge in [0.25, 0.3) is 0 Å². The lowest BCUT2D eigenvalue weighted by atomic mass is 10.1. The van der Waals surface area contributed by atoms with Gasteiger partial charge in [-0.1, -0.05) is 13.8 Å². The molecule has 0 saturated carbocycles. The normalized spacial score (nSPS) is 18.3. The molecular weight excluding hydrogens is 264 g/mol. The number of hydrogen-bond acceptors (Lipinski definition) is 3. The highest BCUT2D eigenvalue weighted by atomic mass is 35.5. The summed E-state index contributed by atoms with van der Waals surface area (Å²) >= 11 is 0. The summed E-state index contributed by atoms with van der Waals surface area (Å²) in [7, 11) is 0. The van der Waals surface area contributed by atoms with E-state index in [1.54, 1.807) is 0 Å². The summed E-state index contributed by atoms with van der Waals surface area (Å²) in [5, 5.41) is 0. The molecule has 5 heteroatoms. The highest BCUT2D eigenvalue weighted by Crippen LogP contribution is 2.11. The third-order valence-electron chi connectivity index (χ3n) is 3.41. The fraction of sp³-hybridized carbons (Fsp3) is 0.929. The number of nitrogens with two attached hydrogens (primary N) is 1. The Kier molecular flexibility index (Phi) is 9.40. The summed E-state index contributed by atoms with van der Waals surface area (Å²) in [6.45, 7) is 8.59. The number of amides is 1. The zero-order valence-electron chi connectivity index (χ0n) is 12.4. The van der Waals surface area contributed by atoms with Crippen LogP contribution in [0.25, 0.3) is 0 Å². The standard InChI is InChI=1S/C14H28N2O2.ClH/c1-11(2)10-12(3)18-9-6-14(17)16-7-4-13(15)5-8-16;/h11-13H,4-10,15H2,1-3H3;1H.